The molecule has 1 heterocycles. The number of nitrogen functional groups attached to an aromatic ring is 1. The molecule has 0 saturated heterocycles. The normalized spacial score (nSPS) is 9.89. The van der Waals surface area contributed by atoms with Crippen LogP contribution in [0.5, 0.6) is 0 Å². The smallest absolute Gasteiger partial charge is 0.140 e. The van der Waals surface area contributed by atoms with E-state index in [0.29, 0.717) is 29.4 Å². The van der Waals surface area contributed by atoms with Crippen LogP contribution in [0.4, 0.5) is 10.2 Å². The van der Waals surface area contributed by atoms with Crippen LogP contribution < -0.4 is 5.73 Å². The van der Waals surface area contributed by atoms with Crippen molar-refractivity contribution in [3.8, 4) is 29.7 Å². The zero-order valence-electron chi connectivity index (χ0n) is 10.3. The molecule has 19 heavy (non-hydrogen) atoms. The van der Waals surface area contributed by atoms with Gasteiger partial charge in [-0.05, 0) is 25.1 Å². The number of terminal acetylenes is 1. The van der Waals surface area contributed by atoms with Gasteiger partial charge in [-0.25, -0.2) is 9.37 Å². The fourth-order valence-corrected chi connectivity index (χ4v) is 1.84. The largest absolute Gasteiger partial charge is 0.383 e. The van der Waals surface area contributed by atoms with Gasteiger partial charge in [0.2, 0.25) is 0 Å². The highest BCUT2D eigenvalue weighted by molar-refractivity contribution is 5.72. The Morgan fingerprint density at radius 2 is 2.26 bits per heavy atom. The molecule has 0 bridgehead atoms. The van der Waals surface area contributed by atoms with E-state index < -0.39 is 5.82 Å². The second kappa shape index (κ2) is 4.83. The number of anilines is 1. The monoisotopic (exact) mass is 254 g/mol. The van der Waals surface area contributed by atoms with Crippen LogP contribution in [0.1, 0.15) is 11.4 Å². The topological polar surface area (TPSA) is 67.6 Å². The number of aromatic nitrogens is 2. The van der Waals surface area contributed by atoms with Crippen molar-refractivity contribution >= 4 is 5.82 Å². The average molecular weight is 254 g/mol. The summed E-state index contributed by atoms with van der Waals surface area (Å²) in [5.41, 5.74) is 7.04. The van der Waals surface area contributed by atoms with Gasteiger partial charge in [-0.3, -0.25) is 0 Å². The van der Waals surface area contributed by atoms with Gasteiger partial charge in [0.1, 0.15) is 29.2 Å². The zero-order chi connectivity index (χ0) is 14.0. The number of hydrogen-bond donors (Lipinski definition) is 1. The summed E-state index contributed by atoms with van der Waals surface area (Å²) in [6, 6.07) is 5.97. The van der Waals surface area contributed by atoms with Crippen molar-refractivity contribution in [1.29, 1.82) is 5.26 Å². The van der Waals surface area contributed by atoms with Crippen LogP contribution >= 0.6 is 0 Å². The maximum Gasteiger partial charge on any atom is 0.140 e. The van der Waals surface area contributed by atoms with E-state index in [1.165, 1.54) is 18.2 Å². The minimum Gasteiger partial charge on any atom is -0.383 e. The summed E-state index contributed by atoms with van der Waals surface area (Å²) in [6.07, 6.45) is 5.26. The molecule has 0 amide bonds. The molecule has 0 spiro atoms. The number of nitriles is 1. The highest BCUT2D eigenvalue weighted by atomic mass is 19.1. The first-order valence-corrected chi connectivity index (χ1v) is 5.54. The third kappa shape index (κ3) is 2.14. The molecule has 1 aromatic heterocycles. The van der Waals surface area contributed by atoms with Gasteiger partial charge in [-0.2, -0.15) is 5.26 Å². The van der Waals surface area contributed by atoms with E-state index >= 15 is 0 Å². The van der Waals surface area contributed by atoms with Crippen molar-refractivity contribution in [2.45, 2.75) is 13.5 Å². The van der Waals surface area contributed by atoms with Gasteiger partial charge in [0.05, 0.1) is 12.1 Å². The number of halogens is 1. The van der Waals surface area contributed by atoms with E-state index in [2.05, 4.69) is 10.9 Å². The number of imidazole rings is 1. The number of rotatable bonds is 2. The van der Waals surface area contributed by atoms with E-state index in [1.54, 1.807) is 17.6 Å². The van der Waals surface area contributed by atoms with E-state index in [-0.39, 0.29) is 5.56 Å². The highest BCUT2D eigenvalue weighted by Gasteiger charge is 2.14. The molecule has 2 aromatic rings. The van der Waals surface area contributed by atoms with Crippen LogP contribution in [0.3, 0.4) is 0 Å². The molecule has 2 rings (SSSR count). The van der Waals surface area contributed by atoms with Gasteiger partial charge in [0, 0.05) is 5.56 Å². The van der Waals surface area contributed by atoms with Crippen LogP contribution in [-0.4, -0.2) is 9.55 Å². The maximum atomic E-state index is 13.3. The van der Waals surface area contributed by atoms with E-state index in [1.807, 2.05) is 0 Å². The number of benzene rings is 1. The summed E-state index contributed by atoms with van der Waals surface area (Å²) < 4.78 is 15.0. The number of hydrogen-bond acceptors (Lipinski definition) is 3. The van der Waals surface area contributed by atoms with E-state index in [9.17, 15) is 4.39 Å². The predicted octanol–water partition coefficient (Wildman–Crippen LogP) is 2.08. The van der Waals surface area contributed by atoms with Gasteiger partial charge < -0.3 is 10.3 Å². The Morgan fingerprint density at radius 1 is 1.53 bits per heavy atom. The third-order valence-electron chi connectivity index (χ3n) is 2.81. The Kier molecular flexibility index (Phi) is 3.22. The van der Waals surface area contributed by atoms with Crippen molar-refractivity contribution < 1.29 is 4.39 Å². The second-order valence-electron chi connectivity index (χ2n) is 3.99. The summed E-state index contributed by atoms with van der Waals surface area (Å²) in [6.45, 7) is 2.10. The third-order valence-corrected chi connectivity index (χ3v) is 2.81. The van der Waals surface area contributed by atoms with Crippen molar-refractivity contribution in [2.75, 3.05) is 5.73 Å². The molecule has 0 aliphatic rings. The Balaban J connectivity index is 2.58. The number of nitrogens with zero attached hydrogens (tertiary/aromatic N) is 3. The molecule has 94 valence electrons. The lowest BCUT2D eigenvalue weighted by molar-refractivity contribution is 0.624. The van der Waals surface area contributed by atoms with Crippen LogP contribution in [-0.2, 0) is 6.54 Å². The Labute approximate surface area is 110 Å². The number of aryl methyl sites for hydroxylation is 1. The fourth-order valence-electron chi connectivity index (χ4n) is 1.84. The van der Waals surface area contributed by atoms with Crippen molar-refractivity contribution in [2.24, 2.45) is 0 Å². The van der Waals surface area contributed by atoms with Crippen LogP contribution in [0.2, 0.25) is 0 Å². The summed E-state index contributed by atoms with van der Waals surface area (Å²) >= 11 is 0. The maximum absolute atomic E-state index is 13.3. The predicted molar refractivity (Wildman–Crippen MR) is 70.3 cm³/mol. The van der Waals surface area contributed by atoms with Crippen molar-refractivity contribution in [3.05, 3.63) is 35.4 Å². The summed E-state index contributed by atoms with van der Waals surface area (Å²) in [5, 5.41) is 8.83. The molecule has 0 atom stereocenters. The van der Waals surface area contributed by atoms with Gasteiger partial charge in [0.15, 0.2) is 0 Å². The first kappa shape index (κ1) is 12.7. The minimum absolute atomic E-state index is 0.0407. The Morgan fingerprint density at radius 3 is 2.89 bits per heavy atom. The molecular weight excluding hydrogens is 243 g/mol. The molecule has 0 unspecified atom stereocenters. The highest BCUT2D eigenvalue weighted by Crippen LogP contribution is 2.27. The molecule has 0 fully saturated rings. The second-order valence-corrected chi connectivity index (χ2v) is 3.99. The summed E-state index contributed by atoms with van der Waals surface area (Å²) in [5.74, 6) is 3.01. The molecule has 1 aromatic carbocycles. The lowest BCUT2D eigenvalue weighted by atomic mass is 10.1. The van der Waals surface area contributed by atoms with Crippen LogP contribution in [0, 0.1) is 36.4 Å². The minimum atomic E-state index is -0.565. The molecule has 0 aliphatic heterocycles. The van der Waals surface area contributed by atoms with Crippen molar-refractivity contribution in [3.63, 3.8) is 0 Å². The molecule has 0 saturated carbocycles. The van der Waals surface area contributed by atoms with Gasteiger partial charge in [0.25, 0.3) is 0 Å². The van der Waals surface area contributed by atoms with Gasteiger partial charge in [-0.15, -0.1) is 6.42 Å². The molecule has 5 heteroatoms. The first-order chi connectivity index (χ1) is 9.08. The Bertz CT molecular complexity index is 716. The summed E-state index contributed by atoms with van der Waals surface area (Å²) in [7, 11) is 0. The number of nitrogens with two attached hydrogens (primary N) is 1. The zero-order valence-corrected chi connectivity index (χ0v) is 10.3. The first-order valence-electron chi connectivity index (χ1n) is 5.54. The standard InChI is InChI=1S/C14H11FN4/c1-3-6-19-9(2)18-13(14(19)17)10-4-5-12(15)11(7-10)8-16/h1,4-5,7H,6,17H2,2H3. The van der Waals surface area contributed by atoms with Crippen molar-refractivity contribution in [1.82, 2.24) is 9.55 Å². The fraction of sp³-hybridized carbons (Fsp3) is 0.143. The SMILES string of the molecule is C#CCn1c(C)nc(-c2ccc(F)c(C#N)c2)c1N. The average Bonchev–Trinajstić information content (AvgIpc) is 2.68. The van der Waals surface area contributed by atoms with E-state index in [4.69, 9.17) is 17.4 Å². The van der Waals surface area contributed by atoms with Crippen LogP contribution in [0.15, 0.2) is 18.2 Å². The van der Waals surface area contributed by atoms with E-state index in [0.717, 1.165) is 0 Å². The molecule has 0 radical (unpaired) electrons. The Hall–Kier alpha value is -2.79. The molecule has 0 aliphatic carbocycles. The molecule has 4 nitrogen and oxygen atoms in total. The van der Waals surface area contributed by atoms with Gasteiger partial charge in [-0.1, -0.05) is 5.92 Å². The van der Waals surface area contributed by atoms with Gasteiger partial charge >= 0.3 is 0 Å². The lowest BCUT2D eigenvalue weighted by Gasteiger charge is -2.03. The van der Waals surface area contributed by atoms with Crippen LogP contribution in [0.25, 0.3) is 11.3 Å². The molecular formula is C14H11FN4. The summed E-state index contributed by atoms with van der Waals surface area (Å²) in [4.78, 5) is 4.31. The quantitative estimate of drug-likeness (QED) is 0.834. The lowest BCUT2D eigenvalue weighted by Crippen LogP contribution is -2.03. The molecule has 2 N–H and O–H groups in total.